The Bertz CT molecular complexity index is 794. The summed E-state index contributed by atoms with van der Waals surface area (Å²) in [6, 6.07) is 11.7. The van der Waals surface area contributed by atoms with E-state index in [9.17, 15) is 4.79 Å². The molecule has 0 radical (unpaired) electrons. The number of nitrogens with zero attached hydrogens (tertiary/aromatic N) is 1. The highest BCUT2D eigenvalue weighted by Gasteiger charge is 2.14. The number of carbonyl (C=O) groups excluding carboxylic acids is 1. The van der Waals surface area contributed by atoms with E-state index in [1.165, 1.54) is 17.3 Å². The number of hydrazone groups is 1. The zero-order valence-corrected chi connectivity index (χ0v) is 17.5. The van der Waals surface area contributed by atoms with Crippen LogP contribution in [-0.2, 0) is 4.79 Å². The number of nitrogens with one attached hydrogen (secondary N) is 1. The molecule has 0 unspecified atom stereocenters. The smallest absolute Gasteiger partial charge is 0.253 e. The fraction of sp³-hybridized carbons (Fsp3) is 0.263. The van der Waals surface area contributed by atoms with E-state index in [0.29, 0.717) is 11.5 Å². The summed E-state index contributed by atoms with van der Waals surface area (Å²) in [6.07, 6.45) is 1.56. The van der Waals surface area contributed by atoms with E-state index in [0.717, 1.165) is 14.9 Å². The summed E-state index contributed by atoms with van der Waals surface area (Å²) in [5.74, 6) is 1.03. The Labute approximate surface area is 166 Å². The maximum absolute atomic E-state index is 12.2. The lowest BCUT2D eigenvalue weighted by Gasteiger charge is -2.11. The summed E-state index contributed by atoms with van der Waals surface area (Å²) in [5.41, 5.74) is 4.53. The quantitative estimate of drug-likeness (QED) is 0.396. The topological polar surface area (TPSA) is 59.9 Å². The Balaban J connectivity index is 1.97. The van der Waals surface area contributed by atoms with E-state index in [4.69, 9.17) is 9.47 Å². The molecule has 0 heterocycles. The molecule has 0 aromatic heterocycles. The van der Waals surface area contributed by atoms with Crippen LogP contribution in [0.1, 0.15) is 18.1 Å². The van der Waals surface area contributed by atoms with Crippen LogP contribution in [0.5, 0.6) is 11.5 Å². The number of aryl methyl sites for hydroxylation is 1. The molecule has 0 saturated carbocycles. The van der Waals surface area contributed by atoms with Crippen molar-refractivity contribution in [2.45, 2.75) is 24.0 Å². The second kappa shape index (κ2) is 9.64. The summed E-state index contributed by atoms with van der Waals surface area (Å²) in [5, 5.41) is 3.78. The van der Waals surface area contributed by atoms with Gasteiger partial charge in [-0.1, -0.05) is 17.7 Å². The third-order valence-electron chi connectivity index (χ3n) is 3.55. The Hall–Kier alpha value is -1.99. The summed E-state index contributed by atoms with van der Waals surface area (Å²) >= 11 is 4.92. The molecule has 7 heteroatoms. The van der Waals surface area contributed by atoms with Crippen molar-refractivity contribution in [1.29, 1.82) is 0 Å². The number of benzene rings is 2. The largest absolute Gasteiger partial charge is 0.493 e. The summed E-state index contributed by atoms with van der Waals surface area (Å²) in [4.78, 5) is 13.2. The van der Waals surface area contributed by atoms with Crippen LogP contribution in [0.15, 0.2) is 50.9 Å². The maximum Gasteiger partial charge on any atom is 0.253 e. The zero-order valence-electron chi connectivity index (χ0n) is 15.1. The van der Waals surface area contributed by atoms with Crippen molar-refractivity contribution < 1.29 is 14.3 Å². The minimum Gasteiger partial charge on any atom is -0.493 e. The molecule has 1 atom stereocenters. The number of halogens is 1. The van der Waals surface area contributed by atoms with Gasteiger partial charge in [0.25, 0.3) is 5.91 Å². The Kier molecular flexibility index (Phi) is 7.53. The molecular weight excluding hydrogens is 416 g/mol. The van der Waals surface area contributed by atoms with Crippen molar-refractivity contribution in [2.75, 3.05) is 14.2 Å². The monoisotopic (exact) mass is 436 g/mol. The molecule has 2 aromatic carbocycles. The predicted octanol–water partition coefficient (Wildman–Crippen LogP) is 4.41. The van der Waals surface area contributed by atoms with Gasteiger partial charge < -0.3 is 9.47 Å². The van der Waals surface area contributed by atoms with Gasteiger partial charge >= 0.3 is 0 Å². The summed E-state index contributed by atoms with van der Waals surface area (Å²) in [7, 11) is 3.14. The van der Waals surface area contributed by atoms with Gasteiger partial charge in [0.2, 0.25) is 0 Å². The molecule has 0 bridgehead atoms. The van der Waals surface area contributed by atoms with Crippen LogP contribution in [0.25, 0.3) is 0 Å². The Morgan fingerprint density at radius 1 is 1.23 bits per heavy atom. The molecule has 0 spiro atoms. The number of amides is 1. The number of carbonyl (C=O) groups is 1. The molecule has 1 amide bonds. The van der Waals surface area contributed by atoms with Gasteiger partial charge in [0.1, 0.15) is 0 Å². The number of rotatable bonds is 7. The van der Waals surface area contributed by atoms with Crippen LogP contribution < -0.4 is 14.9 Å². The maximum atomic E-state index is 12.2. The molecule has 0 aliphatic heterocycles. The molecule has 26 heavy (non-hydrogen) atoms. The third kappa shape index (κ3) is 5.51. The standard InChI is InChI=1S/C19H21BrN2O3S/c1-12-5-7-15(8-6-12)26-13(2)19(23)22-21-11-14-9-16(20)18(25-4)17(10-14)24-3/h5-11,13H,1-4H3,(H,22,23)/b21-11-/t13-/m0/s1. The molecule has 1 N–H and O–H groups in total. The number of methoxy groups -OCH3 is 2. The number of ether oxygens (including phenoxy) is 2. The predicted molar refractivity (Wildman–Crippen MR) is 109 cm³/mol. The van der Waals surface area contributed by atoms with Crippen molar-refractivity contribution in [1.82, 2.24) is 5.43 Å². The summed E-state index contributed by atoms with van der Waals surface area (Å²) < 4.78 is 11.3. The van der Waals surface area contributed by atoms with Gasteiger partial charge in [-0.15, -0.1) is 11.8 Å². The minimum absolute atomic E-state index is 0.161. The Morgan fingerprint density at radius 3 is 2.54 bits per heavy atom. The lowest BCUT2D eigenvalue weighted by molar-refractivity contribution is -0.120. The fourth-order valence-electron chi connectivity index (χ4n) is 2.15. The van der Waals surface area contributed by atoms with E-state index in [1.807, 2.05) is 44.2 Å². The molecule has 2 aromatic rings. The zero-order chi connectivity index (χ0) is 19.1. The van der Waals surface area contributed by atoms with Crippen LogP contribution >= 0.6 is 27.7 Å². The van der Waals surface area contributed by atoms with Crippen LogP contribution in [0, 0.1) is 6.92 Å². The first-order valence-corrected chi connectivity index (χ1v) is 9.59. The van der Waals surface area contributed by atoms with Gasteiger partial charge in [-0.25, -0.2) is 5.43 Å². The normalized spacial score (nSPS) is 12.0. The van der Waals surface area contributed by atoms with E-state index >= 15 is 0 Å². The van der Waals surface area contributed by atoms with Crippen LogP contribution in [0.4, 0.5) is 0 Å². The van der Waals surface area contributed by atoms with Gasteiger partial charge in [0, 0.05) is 4.90 Å². The van der Waals surface area contributed by atoms with E-state index in [2.05, 4.69) is 26.5 Å². The van der Waals surface area contributed by atoms with Crippen LogP contribution in [0.2, 0.25) is 0 Å². The molecule has 0 aliphatic carbocycles. The lowest BCUT2D eigenvalue weighted by atomic mass is 10.2. The van der Waals surface area contributed by atoms with Gasteiger partial charge in [-0.3, -0.25) is 4.79 Å². The minimum atomic E-state index is -0.257. The molecule has 0 fully saturated rings. The molecule has 2 rings (SSSR count). The van der Waals surface area contributed by atoms with E-state index < -0.39 is 0 Å². The van der Waals surface area contributed by atoms with Crippen LogP contribution in [-0.4, -0.2) is 31.6 Å². The second-order valence-corrected chi connectivity index (χ2v) is 7.81. The molecule has 138 valence electrons. The highest BCUT2D eigenvalue weighted by atomic mass is 79.9. The van der Waals surface area contributed by atoms with Crippen molar-refractivity contribution in [3.05, 3.63) is 52.0 Å². The van der Waals surface area contributed by atoms with Crippen molar-refractivity contribution in [3.63, 3.8) is 0 Å². The second-order valence-electron chi connectivity index (χ2n) is 5.55. The van der Waals surface area contributed by atoms with Crippen molar-refractivity contribution in [2.24, 2.45) is 5.10 Å². The molecule has 0 saturated heterocycles. The SMILES string of the molecule is COc1cc(/C=N\NC(=O)[C@H](C)Sc2ccc(C)cc2)cc(Br)c1OC. The third-order valence-corrected chi connectivity index (χ3v) is 5.25. The number of hydrogen-bond donors (Lipinski definition) is 1. The van der Waals surface area contributed by atoms with Crippen molar-refractivity contribution in [3.8, 4) is 11.5 Å². The average molecular weight is 437 g/mol. The van der Waals surface area contributed by atoms with Crippen molar-refractivity contribution >= 4 is 39.8 Å². The van der Waals surface area contributed by atoms with Gasteiger partial charge in [0.15, 0.2) is 11.5 Å². The summed E-state index contributed by atoms with van der Waals surface area (Å²) in [6.45, 7) is 3.88. The van der Waals surface area contributed by atoms with E-state index in [1.54, 1.807) is 26.5 Å². The lowest BCUT2D eigenvalue weighted by Crippen LogP contribution is -2.26. The first-order valence-electron chi connectivity index (χ1n) is 7.92. The highest BCUT2D eigenvalue weighted by molar-refractivity contribution is 9.10. The highest BCUT2D eigenvalue weighted by Crippen LogP contribution is 2.35. The number of thioether (sulfide) groups is 1. The Morgan fingerprint density at radius 2 is 1.92 bits per heavy atom. The van der Waals surface area contributed by atoms with Crippen LogP contribution in [0.3, 0.4) is 0 Å². The number of hydrogen-bond acceptors (Lipinski definition) is 5. The molecule has 5 nitrogen and oxygen atoms in total. The van der Waals surface area contributed by atoms with Gasteiger partial charge in [-0.2, -0.15) is 5.10 Å². The molecular formula is C19H21BrN2O3S. The van der Waals surface area contributed by atoms with Gasteiger partial charge in [-0.05, 0) is 59.6 Å². The van der Waals surface area contributed by atoms with E-state index in [-0.39, 0.29) is 11.2 Å². The average Bonchev–Trinajstić information content (AvgIpc) is 2.62. The first-order chi connectivity index (χ1) is 12.4. The fourth-order valence-corrected chi connectivity index (χ4v) is 3.63. The van der Waals surface area contributed by atoms with Gasteiger partial charge in [0.05, 0.1) is 30.2 Å². The molecule has 0 aliphatic rings. The first kappa shape index (κ1) is 20.3.